The number of amides is 1. The van der Waals surface area contributed by atoms with Crippen molar-refractivity contribution in [2.45, 2.75) is 71.5 Å². The Balaban J connectivity index is 2.66. The zero-order valence-electron chi connectivity index (χ0n) is 13.0. The first-order valence-electron chi connectivity index (χ1n) is 6.96. The summed E-state index contributed by atoms with van der Waals surface area (Å²) < 4.78 is 0. The summed E-state index contributed by atoms with van der Waals surface area (Å²) in [4.78, 5) is 16.5. The molecule has 0 aromatic heterocycles. The van der Waals surface area contributed by atoms with E-state index < -0.39 is 0 Å². The van der Waals surface area contributed by atoms with Crippen molar-refractivity contribution >= 4 is 22.8 Å². The molecule has 2 unspecified atom stereocenters. The molecule has 110 valence electrons. The Labute approximate surface area is 121 Å². The molecule has 0 spiro atoms. The van der Waals surface area contributed by atoms with E-state index in [1.165, 1.54) is 0 Å². The number of hydrogen-bond acceptors (Lipinski definition) is 3. The van der Waals surface area contributed by atoms with Gasteiger partial charge in [-0.15, -0.1) is 0 Å². The molecule has 0 saturated carbocycles. The zero-order valence-corrected chi connectivity index (χ0v) is 13.8. The Morgan fingerprint density at radius 3 is 2.74 bits per heavy atom. The molecule has 0 aliphatic carbocycles. The van der Waals surface area contributed by atoms with Gasteiger partial charge in [-0.1, -0.05) is 18.7 Å². The van der Waals surface area contributed by atoms with Crippen molar-refractivity contribution in [1.82, 2.24) is 10.6 Å². The molecule has 0 radical (unpaired) electrons. The van der Waals surface area contributed by atoms with E-state index in [1.54, 1.807) is 11.8 Å². The van der Waals surface area contributed by atoms with Crippen LogP contribution in [0.25, 0.3) is 0 Å². The molecule has 2 N–H and O–H groups in total. The lowest BCUT2D eigenvalue weighted by Gasteiger charge is -2.35. The zero-order chi connectivity index (χ0) is 14.7. The summed E-state index contributed by atoms with van der Waals surface area (Å²) in [7, 11) is 0. The van der Waals surface area contributed by atoms with Crippen LogP contribution in [0.2, 0.25) is 0 Å². The van der Waals surface area contributed by atoms with Crippen LogP contribution in [0.15, 0.2) is 4.99 Å². The minimum atomic E-state index is -0.353. The molecule has 1 heterocycles. The molecule has 5 heteroatoms. The highest BCUT2D eigenvalue weighted by Crippen LogP contribution is 2.25. The van der Waals surface area contributed by atoms with Crippen molar-refractivity contribution in [1.29, 1.82) is 0 Å². The third-order valence-corrected chi connectivity index (χ3v) is 4.16. The third kappa shape index (κ3) is 5.43. The first kappa shape index (κ1) is 16.3. The first-order chi connectivity index (χ1) is 8.65. The van der Waals surface area contributed by atoms with Gasteiger partial charge < -0.3 is 10.6 Å². The molecule has 1 saturated heterocycles. The van der Waals surface area contributed by atoms with Crippen molar-refractivity contribution in [3.63, 3.8) is 0 Å². The van der Waals surface area contributed by atoms with Gasteiger partial charge in [-0.25, -0.2) is 4.99 Å². The van der Waals surface area contributed by atoms with Crippen LogP contribution in [0.1, 0.15) is 54.4 Å². The number of hydrogen-bond donors (Lipinski definition) is 2. The van der Waals surface area contributed by atoms with Crippen LogP contribution in [0.3, 0.4) is 0 Å². The first-order valence-corrected chi connectivity index (χ1v) is 7.94. The summed E-state index contributed by atoms with van der Waals surface area (Å²) in [6, 6.07) is -0.353. The van der Waals surface area contributed by atoms with Crippen LogP contribution in [-0.2, 0) is 4.79 Å². The fraction of sp³-hybridized carbons (Fsp3) is 0.857. The smallest absolute Gasteiger partial charge is 0.245 e. The number of nitrogens with zero attached hydrogens (tertiary/aromatic N) is 1. The topological polar surface area (TPSA) is 53.5 Å². The van der Waals surface area contributed by atoms with E-state index in [9.17, 15) is 4.79 Å². The molecule has 19 heavy (non-hydrogen) atoms. The average molecular weight is 285 g/mol. The fourth-order valence-electron chi connectivity index (χ4n) is 1.77. The highest BCUT2D eigenvalue weighted by molar-refractivity contribution is 8.13. The second-order valence-electron chi connectivity index (χ2n) is 6.49. The Hall–Kier alpha value is -0.710. The molecule has 1 rings (SSSR count). The predicted molar refractivity (Wildman–Crippen MR) is 83.7 cm³/mol. The van der Waals surface area contributed by atoms with Crippen molar-refractivity contribution in [3.8, 4) is 0 Å². The van der Waals surface area contributed by atoms with Crippen molar-refractivity contribution < 1.29 is 4.79 Å². The number of carbonyl (C=O) groups is 1. The Bertz CT molecular complexity index is 362. The highest BCUT2D eigenvalue weighted by Gasteiger charge is 2.28. The molecule has 2 atom stereocenters. The maximum absolute atomic E-state index is 12.0. The van der Waals surface area contributed by atoms with Crippen LogP contribution in [0, 0.1) is 0 Å². The van der Waals surface area contributed by atoms with Gasteiger partial charge >= 0.3 is 0 Å². The SMILES string of the molecule is CCC1(C)CCSC(=NC(C)C(=O)NC(C)(C)C)N1. The second kappa shape index (κ2) is 6.16. The number of aliphatic imine (C=N–C) groups is 1. The van der Waals surface area contributed by atoms with E-state index in [4.69, 9.17) is 0 Å². The molecule has 1 aliphatic rings. The standard InChI is InChI=1S/C14H27N3OS/c1-7-14(6)8-9-19-12(17-14)15-10(2)11(18)16-13(3,4)5/h10H,7-9H2,1-6H3,(H,15,17)(H,16,18). The maximum Gasteiger partial charge on any atom is 0.245 e. The second-order valence-corrected chi connectivity index (χ2v) is 7.57. The quantitative estimate of drug-likeness (QED) is 0.838. The highest BCUT2D eigenvalue weighted by atomic mass is 32.2. The average Bonchev–Trinajstić information content (AvgIpc) is 2.27. The maximum atomic E-state index is 12.0. The monoisotopic (exact) mass is 285 g/mol. The van der Waals surface area contributed by atoms with Gasteiger partial charge in [0.1, 0.15) is 6.04 Å². The minimum Gasteiger partial charge on any atom is -0.360 e. The van der Waals surface area contributed by atoms with Crippen LogP contribution in [-0.4, -0.2) is 33.9 Å². The summed E-state index contributed by atoms with van der Waals surface area (Å²) in [6.07, 6.45) is 2.20. The lowest BCUT2D eigenvalue weighted by molar-refractivity contribution is -0.123. The largest absolute Gasteiger partial charge is 0.360 e. The van der Waals surface area contributed by atoms with Crippen LogP contribution < -0.4 is 10.6 Å². The van der Waals surface area contributed by atoms with Gasteiger partial charge in [0.15, 0.2) is 5.17 Å². The Morgan fingerprint density at radius 1 is 1.58 bits per heavy atom. The van der Waals surface area contributed by atoms with Crippen LogP contribution >= 0.6 is 11.8 Å². The number of thioether (sulfide) groups is 1. The van der Waals surface area contributed by atoms with Gasteiger partial charge in [0.05, 0.1) is 0 Å². The summed E-state index contributed by atoms with van der Waals surface area (Å²) in [5.74, 6) is 1.04. The Kier molecular flexibility index (Phi) is 5.30. The number of amidine groups is 1. The molecule has 0 aromatic carbocycles. The van der Waals surface area contributed by atoms with E-state index in [0.717, 1.165) is 23.8 Å². The minimum absolute atomic E-state index is 0.0221. The van der Waals surface area contributed by atoms with Crippen molar-refractivity contribution in [2.24, 2.45) is 4.99 Å². The van der Waals surface area contributed by atoms with E-state index >= 15 is 0 Å². The third-order valence-electron chi connectivity index (χ3n) is 3.27. The summed E-state index contributed by atoms with van der Waals surface area (Å²) in [5, 5.41) is 7.32. The van der Waals surface area contributed by atoms with E-state index in [2.05, 4.69) is 29.5 Å². The summed E-state index contributed by atoms with van der Waals surface area (Å²) in [5.41, 5.74) is -0.0963. The molecule has 1 fully saturated rings. The molecular formula is C14H27N3OS. The Morgan fingerprint density at radius 2 is 2.21 bits per heavy atom. The molecular weight excluding hydrogens is 258 g/mol. The van der Waals surface area contributed by atoms with Crippen LogP contribution in [0.5, 0.6) is 0 Å². The molecule has 0 aromatic rings. The van der Waals surface area contributed by atoms with Crippen LogP contribution in [0.4, 0.5) is 0 Å². The lowest BCUT2D eigenvalue weighted by Crippen LogP contribution is -2.49. The van der Waals surface area contributed by atoms with Gasteiger partial charge in [0.2, 0.25) is 5.91 Å². The molecule has 4 nitrogen and oxygen atoms in total. The van der Waals surface area contributed by atoms with Crippen molar-refractivity contribution in [2.75, 3.05) is 5.75 Å². The number of nitrogens with one attached hydrogen (secondary N) is 2. The van der Waals surface area contributed by atoms with E-state index in [1.807, 2.05) is 27.7 Å². The van der Waals surface area contributed by atoms with Gasteiger partial charge in [-0.05, 0) is 47.5 Å². The van der Waals surface area contributed by atoms with Crippen molar-refractivity contribution in [3.05, 3.63) is 0 Å². The molecule has 1 aliphatic heterocycles. The van der Waals surface area contributed by atoms with Gasteiger partial charge in [-0.3, -0.25) is 4.79 Å². The van der Waals surface area contributed by atoms with Gasteiger partial charge in [0.25, 0.3) is 0 Å². The van der Waals surface area contributed by atoms with Gasteiger partial charge in [-0.2, -0.15) is 0 Å². The normalized spacial score (nSPS) is 27.8. The summed E-state index contributed by atoms with van der Waals surface area (Å²) in [6.45, 7) is 12.2. The lowest BCUT2D eigenvalue weighted by atomic mass is 9.96. The number of rotatable bonds is 3. The van der Waals surface area contributed by atoms with Gasteiger partial charge in [0, 0.05) is 16.8 Å². The number of carbonyl (C=O) groups excluding carboxylic acids is 1. The summed E-state index contributed by atoms with van der Waals surface area (Å²) >= 11 is 1.70. The molecule has 0 bridgehead atoms. The molecule has 1 amide bonds. The van der Waals surface area contributed by atoms with E-state index in [0.29, 0.717) is 0 Å². The van der Waals surface area contributed by atoms with E-state index in [-0.39, 0.29) is 23.0 Å². The predicted octanol–water partition coefficient (Wildman–Crippen LogP) is 2.54. The fourth-order valence-corrected chi connectivity index (χ4v) is 3.07.